The molecule has 108 valence electrons. The summed E-state index contributed by atoms with van der Waals surface area (Å²) in [5.41, 5.74) is 4.71. The fourth-order valence-corrected chi connectivity index (χ4v) is 2.77. The van der Waals surface area contributed by atoms with Gasteiger partial charge in [-0.3, -0.25) is 9.69 Å². The molecule has 3 fully saturated rings. The van der Waals surface area contributed by atoms with Gasteiger partial charge in [-0.25, -0.2) is 4.79 Å². The van der Waals surface area contributed by atoms with Crippen LogP contribution in [0.15, 0.2) is 0 Å². The number of carbonyl (C=O) groups is 2. The van der Waals surface area contributed by atoms with Crippen LogP contribution in [0.4, 0.5) is 4.79 Å². The average molecular weight is 269 g/mol. The van der Waals surface area contributed by atoms with Crippen molar-refractivity contribution in [3.63, 3.8) is 0 Å². The second kappa shape index (κ2) is 5.00. The third-order valence-corrected chi connectivity index (χ3v) is 3.61. The Labute approximate surface area is 113 Å². The molecule has 2 amide bonds. The molecule has 2 atom stereocenters. The molecule has 3 heterocycles. The SMILES string of the molecule is CC(C)(C)OC(=O)N1CC2CC(C1)N2CCC(N)=O. The van der Waals surface area contributed by atoms with Gasteiger partial charge in [-0.15, -0.1) is 0 Å². The fraction of sp³-hybridized carbons (Fsp3) is 0.846. The van der Waals surface area contributed by atoms with E-state index in [9.17, 15) is 9.59 Å². The fourth-order valence-electron chi connectivity index (χ4n) is 2.77. The van der Waals surface area contributed by atoms with Crippen molar-refractivity contribution < 1.29 is 14.3 Å². The van der Waals surface area contributed by atoms with Gasteiger partial charge in [0.25, 0.3) is 0 Å². The summed E-state index contributed by atoms with van der Waals surface area (Å²) in [5.74, 6) is -0.269. The van der Waals surface area contributed by atoms with Crippen LogP contribution in [-0.2, 0) is 9.53 Å². The Hall–Kier alpha value is -1.30. The maximum Gasteiger partial charge on any atom is 0.410 e. The maximum atomic E-state index is 12.0. The minimum Gasteiger partial charge on any atom is -0.444 e. The number of nitrogens with zero attached hydrogens (tertiary/aromatic N) is 2. The van der Waals surface area contributed by atoms with E-state index in [2.05, 4.69) is 4.90 Å². The Morgan fingerprint density at radius 2 is 1.84 bits per heavy atom. The van der Waals surface area contributed by atoms with Crippen molar-refractivity contribution in [1.29, 1.82) is 0 Å². The summed E-state index contributed by atoms with van der Waals surface area (Å²) in [7, 11) is 0. The van der Waals surface area contributed by atoms with Crippen LogP contribution in [0.2, 0.25) is 0 Å². The van der Waals surface area contributed by atoms with Crippen LogP contribution >= 0.6 is 0 Å². The van der Waals surface area contributed by atoms with Crippen LogP contribution < -0.4 is 5.73 Å². The number of fused-ring (bicyclic) bond motifs is 2. The number of ether oxygens (including phenoxy) is 1. The summed E-state index contributed by atoms with van der Waals surface area (Å²) in [6.07, 6.45) is 1.24. The number of hydrogen-bond acceptors (Lipinski definition) is 4. The number of piperazine rings is 1. The number of amides is 2. The molecule has 0 aromatic heterocycles. The smallest absolute Gasteiger partial charge is 0.410 e. The third kappa shape index (κ3) is 3.37. The van der Waals surface area contributed by atoms with Crippen molar-refractivity contribution in [3.8, 4) is 0 Å². The normalized spacial score (nSPS) is 26.8. The summed E-state index contributed by atoms with van der Waals surface area (Å²) in [4.78, 5) is 26.8. The molecule has 0 saturated carbocycles. The lowest BCUT2D eigenvalue weighted by Gasteiger charge is -2.56. The molecular formula is C13H23N3O3. The molecule has 2 bridgehead atoms. The van der Waals surface area contributed by atoms with Gasteiger partial charge in [-0.05, 0) is 27.2 Å². The zero-order valence-electron chi connectivity index (χ0n) is 11.9. The van der Waals surface area contributed by atoms with Crippen LogP contribution in [0, 0.1) is 0 Å². The second-order valence-electron chi connectivity index (χ2n) is 6.38. The molecule has 0 radical (unpaired) electrons. The molecule has 0 spiro atoms. The lowest BCUT2D eigenvalue weighted by Crippen LogP contribution is -2.69. The van der Waals surface area contributed by atoms with Gasteiger partial charge in [-0.2, -0.15) is 0 Å². The van der Waals surface area contributed by atoms with E-state index in [1.165, 1.54) is 0 Å². The van der Waals surface area contributed by atoms with E-state index in [1.807, 2.05) is 20.8 Å². The zero-order chi connectivity index (χ0) is 14.2. The summed E-state index contributed by atoms with van der Waals surface area (Å²) in [6, 6.07) is 0.705. The van der Waals surface area contributed by atoms with Crippen LogP contribution in [0.5, 0.6) is 0 Å². The molecular weight excluding hydrogens is 246 g/mol. The highest BCUT2D eigenvalue weighted by atomic mass is 16.6. The summed E-state index contributed by atoms with van der Waals surface area (Å²) >= 11 is 0. The minimum atomic E-state index is -0.454. The Kier molecular flexibility index (Phi) is 3.71. The Morgan fingerprint density at radius 1 is 1.26 bits per heavy atom. The standard InChI is InChI=1S/C13H23N3O3/c1-13(2,3)19-12(18)15-7-9-6-10(8-15)16(9)5-4-11(14)17/h9-10H,4-8H2,1-3H3,(H2,14,17). The molecule has 6 nitrogen and oxygen atoms in total. The molecule has 3 saturated heterocycles. The molecule has 2 unspecified atom stereocenters. The Morgan fingerprint density at radius 3 is 2.32 bits per heavy atom. The molecule has 0 aromatic rings. The van der Waals surface area contributed by atoms with E-state index in [-0.39, 0.29) is 12.0 Å². The number of carbonyl (C=O) groups excluding carboxylic acids is 2. The van der Waals surface area contributed by atoms with Crippen molar-refractivity contribution in [2.75, 3.05) is 19.6 Å². The van der Waals surface area contributed by atoms with E-state index in [1.54, 1.807) is 4.90 Å². The number of primary amides is 1. The van der Waals surface area contributed by atoms with E-state index < -0.39 is 5.60 Å². The highest BCUT2D eigenvalue weighted by Gasteiger charge is 2.46. The summed E-state index contributed by atoms with van der Waals surface area (Å²) in [5, 5.41) is 0. The molecule has 6 heteroatoms. The molecule has 0 aromatic carbocycles. The Bertz CT molecular complexity index is 366. The minimum absolute atomic E-state index is 0.239. The van der Waals surface area contributed by atoms with Crippen molar-refractivity contribution in [2.45, 2.75) is 51.3 Å². The molecule has 3 aliphatic heterocycles. The first-order valence-corrected chi connectivity index (χ1v) is 6.78. The average Bonchev–Trinajstić information content (AvgIpc) is 2.26. The molecule has 3 rings (SSSR count). The first kappa shape index (κ1) is 14.1. The predicted octanol–water partition coefficient (Wildman–Crippen LogP) is 0.555. The summed E-state index contributed by atoms with van der Waals surface area (Å²) in [6.45, 7) is 7.68. The topological polar surface area (TPSA) is 75.9 Å². The van der Waals surface area contributed by atoms with Gasteiger partial charge in [0.1, 0.15) is 5.60 Å². The molecule has 2 N–H and O–H groups in total. The van der Waals surface area contributed by atoms with Gasteiger partial charge in [0.2, 0.25) is 5.91 Å². The van der Waals surface area contributed by atoms with Gasteiger partial charge in [0.15, 0.2) is 0 Å². The van der Waals surface area contributed by atoms with Crippen LogP contribution in [0.1, 0.15) is 33.6 Å². The number of nitrogens with two attached hydrogens (primary N) is 1. The number of piperidine rings is 1. The first-order valence-electron chi connectivity index (χ1n) is 6.78. The third-order valence-electron chi connectivity index (χ3n) is 3.61. The summed E-state index contributed by atoms with van der Waals surface area (Å²) < 4.78 is 5.37. The van der Waals surface area contributed by atoms with E-state index in [0.717, 1.165) is 6.42 Å². The van der Waals surface area contributed by atoms with E-state index >= 15 is 0 Å². The lowest BCUT2D eigenvalue weighted by atomic mass is 9.87. The van der Waals surface area contributed by atoms with Gasteiger partial charge in [-0.1, -0.05) is 0 Å². The number of rotatable bonds is 3. The van der Waals surface area contributed by atoms with Gasteiger partial charge < -0.3 is 15.4 Å². The van der Waals surface area contributed by atoms with Gasteiger partial charge in [0.05, 0.1) is 0 Å². The monoisotopic (exact) mass is 269 g/mol. The highest BCUT2D eigenvalue weighted by molar-refractivity contribution is 5.74. The largest absolute Gasteiger partial charge is 0.444 e. The van der Waals surface area contributed by atoms with Crippen molar-refractivity contribution in [1.82, 2.24) is 9.80 Å². The quantitative estimate of drug-likeness (QED) is 0.812. The maximum absolute atomic E-state index is 12.0. The first-order chi connectivity index (χ1) is 8.76. The highest BCUT2D eigenvalue weighted by Crippen LogP contribution is 2.32. The van der Waals surface area contributed by atoms with Gasteiger partial charge in [0, 0.05) is 38.1 Å². The van der Waals surface area contributed by atoms with Crippen LogP contribution in [0.3, 0.4) is 0 Å². The lowest BCUT2D eigenvalue weighted by molar-refractivity contribution is -0.120. The van der Waals surface area contributed by atoms with Crippen molar-refractivity contribution >= 4 is 12.0 Å². The second-order valence-corrected chi connectivity index (χ2v) is 6.38. The van der Waals surface area contributed by atoms with E-state index in [4.69, 9.17) is 10.5 Å². The zero-order valence-corrected chi connectivity index (χ0v) is 11.9. The molecule has 19 heavy (non-hydrogen) atoms. The predicted molar refractivity (Wildman–Crippen MR) is 70.5 cm³/mol. The van der Waals surface area contributed by atoms with E-state index in [0.29, 0.717) is 38.1 Å². The molecule has 0 aliphatic carbocycles. The van der Waals surface area contributed by atoms with Crippen LogP contribution in [0.25, 0.3) is 0 Å². The van der Waals surface area contributed by atoms with Gasteiger partial charge >= 0.3 is 6.09 Å². The molecule has 3 aliphatic rings. The van der Waals surface area contributed by atoms with Crippen molar-refractivity contribution in [3.05, 3.63) is 0 Å². The Balaban J connectivity index is 1.82. The number of hydrogen-bond donors (Lipinski definition) is 1. The van der Waals surface area contributed by atoms with Crippen molar-refractivity contribution in [2.24, 2.45) is 5.73 Å². The van der Waals surface area contributed by atoms with Crippen LogP contribution in [-0.4, -0.2) is 59.1 Å².